The molecule has 0 aliphatic rings. The Labute approximate surface area is 253 Å². The zero-order chi connectivity index (χ0) is 30.9. The number of carbonyl (C=O) groups excluding carboxylic acids is 3. The average molecular weight is 619 g/mol. The number of rotatable bonds is 9. The van der Waals surface area contributed by atoms with Gasteiger partial charge in [-0.25, -0.2) is 12.4 Å². The Bertz CT molecular complexity index is 1970. The summed E-state index contributed by atoms with van der Waals surface area (Å²) in [6.45, 7) is 2.99. The van der Waals surface area contributed by atoms with Gasteiger partial charge in [0, 0.05) is 39.6 Å². The van der Waals surface area contributed by atoms with Crippen LogP contribution >= 0.6 is 11.6 Å². The number of fused-ring (bicyclic) bond motifs is 1. The lowest BCUT2D eigenvalue weighted by Gasteiger charge is -2.08. The summed E-state index contributed by atoms with van der Waals surface area (Å²) in [7, 11) is -2.37. The minimum atomic E-state index is -3.89. The van der Waals surface area contributed by atoms with Crippen LogP contribution in [0.2, 0.25) is 5.02 Å². The predicted molar refractivity (Wildman–Crippen MR) is 162 cm³/mol. The third kappa shape index (κ3) is 5.97. The minimum Gasteiger partial charge on any atom is -0.497 e. The Morgan fingerprint density at radius 3 is 2.26 bits per heavy atom. The van der Waals surface area contributed by atoms with E-state index in [0.717, 1.165) is 9.54 Å². The monoisotopic (exact) mass is 618 g/mol. The molecule has 0 aliphatic heterocycles. The van der Waals surface area contributed by atoms with Crippen molar-refractivity contribution in [1.82, 2.24) is 8.54 Å². The number of esters is 1. The number of ketones is 1. The maximum Gasteiger partial charge on any atom is 0.310 e. The van der Waals surface area contributed by atoms with Gasteiger partial charge < -0.3 is 9.47 Å². The molecule has 43 heavy (non-hydrogen) atoms. The number of aryl methyl sites for hydroxylation is 1. The standard InChI is InChI=1S/C32H27ClN2O7S/c1-20-4-11-26(12-5-20)43(39,40)34-15-14-23(18-34)30(36)19-42-31(37)17-27-21(2)35(29-13-10-25(41-3)16-28(27)29)32(38)22-6-8-24(33)9-7-22/h4-16,18H,17,19H2,1-3H3. The molecule has 5 aromatic rings. The van der Waals surface area contributed by atoms with Gasteiger partial charge in [-0.2, -0.15) is 0 Å². The Morgan fingerprint density at radius 1 is 0.884 bits per heavy atom. The topological polar surface area (TPSA) is 114 Å². The smallest absolute Gasteiger partial charge is 0.310 e. The average Bonchev–Trinajstić information content (AvgIpc) is 3.60. The largest absolute Gasteiger partial charge is 0.497 e. The highest BCUT2D eigenvalue weighted by Crippen LogP contribution is 2.31. The molecule has 0 aliphatic carbocycles. The molecule has 5 rings (SSSR count). The fourth-order valence-electron chi connectivity index (χ4n) is 4.74. The molecule has 0 radical (unpaired) electrons. The molecule has 2 aromatic heterocycles. The van der Waals surface area contributed by atoms with E-state index in [4.69, 9.17) is 21.1 Å². The molecule has 9 nitrogen and oxygen atoms in total. The number of nitrogens with zero attached hydrogens (tertiary/aromatic N) is 2. The molecule has 0 unspecified atom stereocenters. The lowest BCUT2D eigenvalue weighted by atomic mass is 10.1. The van der Waals surface area contributed by atoms with Crippen LogP contribution in [-0.4, -0.2) is 48.3 Å². The van der Waals surface area contributed by atoms with Crippen LogP contribution in [0.3, 0.4) is 0 Å². The van der Waals surface area contributed by atoms with Crippen LogP contribution in [0.1, 0.15) is 37.5 Å². The zero-order valence-electron chi connectivity index (χ0n) is 23.5. The number of benzene rings is 3. The molecule has 0 saturated heterocycles. The van der Waals surface area contributed by atoms with Crippen LogP contribution < -0.4 is 4.74 Å². The molecule has 3 aromatic carbocycles. The molecular formula is C32H27ClN2O7S. The zero-order valence-corrected chi connectivity index (χ0v) is 25.1. The van der Waals surface area contributed by atoms with E-state index in [2.05, 4.69) is 0 Å². The minimum absolute atomic E-state index is 0.0783. The number of aromatic nitrogens is 2. The molecular weight excluding hydrogens is 592 g/mol. The summed E-state index contributed by atoms with van der Waals surface area (Å²) in [5.74, 6) is -1.02. The molecule has 2 heterocycles. The van der Waals surface area contributed by atoms with Crippen LogP contribution in [0.25, 0.3) is 10.9 Å². The summed E-state index contributed by atoms with van der Waals surface area (Å²) in [5.41, 5.74) is 3.06. The first-order chi connectivity index (χ1) is 20.5. The second-order valence-electron chi connectivity index (χ2n) is 9.90. The fourth-order valence-corrected chi connectivity index (χ4v) is 6.07. The van der Waals surface area contributed by atoms with Crippen LogP contribution in [-0.2, 0) is 26.0 Å². The quantitative estimate of drug-likeness (QED) is 0.156. The summed E-state index contributed by atoms with van der Waals surface area (Å²) >= 11 is 5.99. The number of carbonyl (C=O) groups is 3. The SMILES string of the molecule is COc1ccc2c(c1)c(CC(=O)OCC(=O)c1ccn(S(=O)(=O)c3ccc(C)cc3)c1)c(C)n2C(=O)c1ccc(Cl)cc1. The summed E-state index contributed by atoms with van der Waals surface area (Å²) in [4.78, 5) is 39.3. The van der Waals surface area contributed by atoms with E-state index in [0.29, 0.717) is 38.5 Å². The highest BCUT2D eigenvalue weighted by Gasteiger charge is 2.24. The van der Waals surface area contributed by atoms with Gasteiger partial charge in [-0.05, 0) is 80.1 Å². The first-order valence-corrected chi connectivity index (χ1v) is 15.0. The summed E-state index contributed by atoms with van der Waals surface area (Å²) in [6.07, 6.45) is 2.25. The second kappa shape index (κ2) is 11.9. The number of methoxy groups -OCH3 is 1. The predicted octanol–water partition coefficient (Wildman–Crippen LogP) is 5.62. The maximum atomic E-state index is 13.5. The third-order valence-electron chi connectivity index (χ3n) is 7.11. The lowest BCUT2D eigenvalue weighted by Crippen LogP contribution is -2.17. The Balaban J connectivity index is 1.34. The van der Waals surface area contributed by atoms with Crippen molar-refractivity contribution < 1.29 is 32.3 Å². The molecule has 0 spiro atoms. The van der Waals surface area contributed by atoms with Gasteiger partial charge in [0.25, 0.3) is 15.9 Å². The van der Waals surface area contributed by atoms with Gasteiger partial charge in [-0.3, -0.25) is 19.0 Å². The van der Waals surface area contributed by atoms with E-state index in [1.54, 1.807) is 61.5 Å². The lowest BCUT2D eigenvalue weighted by molar-refractivity contribution is -0.141. The van der Waals surface area contributed by atoms with Gasteiger partial charge >= 0.3 is 5.97 Å². The van der Waals surface area contributed by atoms with Gasteiger partial charge in [0.05, 0.1) is 23.9 Å². The third-order valence-corrected chi connectivity index (χ3v) is 9.01. The second-order valence-corrected chi connectivity index (χ2v) is 12.2. The van der Waals surface area contributed by atoms with Crippen molar-refractivity contribution in [2.75, 3.05) is 13.7 Å². The van der Waals surface area contributed by atoms with Crippen molar-refractivity contribution in [3.63, 3.8) is 0 Å². The number of hydrogen-bond acceptors (Lipinski definition) is 7. The normalized spacial score (nSPS) is 11.4. The number of Topliss-reactive ketones (excluding diaryl/α,β-unsaturated/α-hetero) is 1. The molecule has 0 bridgehead atoms. The van der Waals surface area contributed by atoms with Gasteiger partial charge in [-0.15, -0.1) is 0 Å². The summed E-state index contributed by atoms with van der Waals surface area (Å²) in [5, 5.41) is 1.12. The number of halogens is 1. The van der Waals surface area contributed by atoms with Crippen LogP contribution in [0, 0.1) is 13.8 Å². The maximum absolute atomic E-state index is 13.5. The first kappa shape index (κ1) is 29.8. The first-order valence-electron chi connectivity index (χ1n) is 13.2. The summed E-state index contributed by atoms with van der Waals surface area (Å²) < 4.78 is 39.0. The van der Waals surface area contributed by atoms with E-state index >= 15 is 0 Å². The van der Waals surface area contributed by atoms with Gasteiger partial charge in [-0.1, -0.05) is 29.3 Å². The van der Waals surface area contributed by atoms with Crippen molar-refractivity contribution >= 4 is 50.2 Å². The molecule has 0 amide bonds. The number of ether oxygens (including phenoxy) is 2. The van der Waals surface area contributed by atoms with Crippen LogP contribution in [0.5, 0.6) is 5.75 Å². The van der Waals surface area contributed by atoms with E-state index in [-0.39, 0.29) is 22.8 Å². The van der Waals surface area contributed by atoms with Crippen molar-refractivity contribution in [3.05, 3.63) is 118 Å². The van der Waals surface area contributed by atoms with E-state index in [1.165, 1.54) is 42.3 Å². The molecule has 0 N–H and O–H groups in total. The number of hydrogen-bond donors (Lipinski definition) is 0. The van der Waals surface area contributed by atoms with Gasteiger partial charge in [0.15, 0.2) is 6.61 Å². The van der Waals surface area contributed by atoms with E-state index < -0.39 is 28.4 Å². The van der Waals surface area contributed by atoms with E-state index in [9.17, 15) is 22.8 Å². The van der Waals surface area contributed by atoms with Gasteiger partial charge in [0.1, 0.15) is 5.75 Å². The molecule has 0 saturated carbocycles. The summed E-state index contributed by atoms with van der Waals surface area (Å²) in [6, 6.07) is 19.4. The molecule has 220 valence electrons. The Morgan fingerprint density at radius 2 is 1.58 bits per heavy atom. The van der Waals surface area contributed by atoms with E-state index in [1.807, 2.05) is 6.92 Å². The fraction of sp³-hybridized carbons (Fsp3) is 0.156. The Kier molecular flexibility index (Phi) is 8.25. The van der Waals surface area contributed by atoms with Crippen LogP contribution in [0.4, 0.5) is 0 Å². The molecule has 11 heteroatoms. The molecule has 0 fully saturated rings. The van der Waals surface area contributed by atoms with Gasteiger partial charge in [0.2, 0.25) is 5.78 Å². The highest BCUT2D eigenvalue weighted by molar-refractivity contribution is 7.90. The Hall–Kier alpha value is -4.67. The van der Waals surface area contributed by atoms with Crippen molar-refractivity contribution in [2.24, 2.45) is 0 Å². The highest BCUT2D eigenvalue weighted by atomic mass is 35.5. The van der Waals surface area contributed by atoms with Crippen molar-refractivity contribution in [1.29, 1.82) is 0 Å². The van der Waals surface area contributed by atoms with Crippen molar-refractivity contribution in [3.8, 4) is 5.75 Å². The molecule has 0 atom stereocenters. The van der Waals surface area contributed by atoms with Crippen LogP contribution in [0.15, 0.2) is 90.1 Å². The van der Waals surface area contributed by atoms with Crippen molar-refractivity contribution in [2.45, 2.75) is 25.2 Å².